The molecule has 1 aliphatic rings. The van der Waals surface area contributed by atoms with Crippen molar-refractivity contribution < 1.29 is 9.53 Å². The van der Waals surface area contributed by atoms with Crippen molar-refractivity contribution in [2.75, 3.05) is 36.2 Å². The molecule has 1 aromatic carbocycles. The van der Waals surface area contributed by atoms with Crippen LogP contribution in [0.5, 0.6) is 0 Å². The van der Waals surface area contributed by atoms with Gasteiger partial charge in [0.15, 0.2) is 0 Å². The first-order chi connectivity index (χ1) is 12.2. The molecule has 1 fully saturated rings. The maximum atomic E-state index is 11.2. The van der Waals surface area contributed by atoms with Crippen LogP contribution in [0.4, 0.5) is 11.5 Å². The lowest BCUT2D eigenvalue weighted by molar-refractivity contribution is -0.137. The lowest BCUT2D eigenvalue weighted by Gasteiger charge is -2.35. The Morgan fingerprint density at radius 3 is 3.00 bits per heavy atom. The number of ether oxygens (including phenoxy) is 1. The minimum absolute atomic E-state index is 0.236. The Bertz CT molecular complexity index is 698. The fraction of sp³-hybridized carbons (Fsp3) is 0.389. The third kappa shape index (κ3) is 5.09. The van der Waals surface area contributed by atoms with E-state index in [0.29, 0.717) is 11.1 Å². The average Bonchev–Trinajstić information content (AvgIpc) is 2.67. The van der Waals surface area contributed by atoms with Crippen LogP contribution >= 0.6 is 11.8 Å². The van der Waals surface area contributed by atoms with Crippen LogP contribution in [0.15, 0.2) is 47.8 Å². The minimum atomic E-state index is -0.268. The van der Waals surface area contributed by atoms with Crippen LogP contribution in [0.1, 0.15) is 12.8 Å². The predicted octanol–water partition coefficient (Wildman–Crippen LogP) is 2.82. The molecule has 1 saturated heterocycles. The van der Waals surface area contributed by atoms with Gasteiger partial charge in [0, 0.05) is 24.8 Å². The van der Waals surface area contributed by atoms with E-state index in [-0.39, 0.29) is 11.7 Å². The smallest absolute Gasteiger partial charge is 0.316 e. The maximum absolute atomic E-state index is 11.2. The third-order valence-electron chi connectivity index (χ3n) is 4.07. The quantitative estimate of drug-likeness (QED) is 0.629. The Kier molecular flexibility index (Phi) is 6.11. The summed E-state index contributed by atoms with van der Waals surface area (Å²) in [6.45, 7) is 2.01. The summed E-state index contributed by atoms with van der Waals surface area (Å²) in [4.78, 5) is 22.4. The van der Waals surface area contributed by atoms with Gasteiger partial charge in [-0.1, -0.05) is 30.0 Å². The SMILES string of the molecule is COC(=O)CSc1cncc(NC2CCCN(c3ccccc3)C2)n1. The van der Waals surface area contributed by atoms with E-state index in [1.807, 2.05) is 6.07 Å². The second-order valence-corrected chi connectivity index (χ2v) is 6.87. The summed E-state index contributed by atoms with van der Waals surface area (Å²) < 4.78 is 4.65. The predicted molar refractivity (Wildman–Crippen MR) is 100 cm³/mol. The van der Waals surface area contributed by atoms with Gasteiger partial charge in [0.05, 0.1) is 25.3 Å². The molecule has 0 bridgehead atoms. The van der Waals surface area contributed by atoms with Crippen LogP contribution in [-0.2, 0) is 9.53 Å². The van der Waals surface area contributed by atoms with E-state index in [9.17, 15) is 4.79 Å². The number of esters is 1. The zero-order valence-electron chi connectivity index (χ0n) is 14.2. The lowest BCUT2D eigenvalue weighted by Crippen LogP contribution is -2.42. The number of aromatic nitrogens is 2. The fourth-order valence-corrected chi connectivity index (χ4v) is 3.54. The first-order valence-corrected chi connectivity index (χ1v) is 9.31. The molecule has 3 rings (SSSR count). The van der Waals surface area contributed by atoms with Gasteiger partial charge in [-0.05, 0) is 25.0 Å². The summed E-state index contributed by atoms with van der Waals surface area (Å²) in [6.07, 6.45) is 5.63. The largest absolute Gasteiger partial charge is 0.468 e. The Balaban J connectivity index is 1.59. The van der Waals surface area contributed by atoms with Gasteiger partial charge in [0.2, 0.25) is 0 Å². The Morgan fingerprint density at radius 2 is 2.20 bits per heavy atom. The standard InChI is InChI=1S/C18H22N4O2S/c1-24-18(23)13-25-17-11-19-10-16(21-17)20-14-6-5-9-22(12-14)15-7-3-2-4-8-15/h2-4,7-8,10-11,14H,5-6,9,12-13H2,1H3,(H,20,21). The van der Waals surface area contributed by atoms with Crippen LogP contribution < -0.4 is 10.2 Å². The summed E-state index contributed by atoms with van der Waals surface area (Å²) in [7, 11) is 1.38. The topological polar surface area (TPSA) is 67.3 Å². The molecule has 0 spiro atoms. The molecule has 132 valence electrons. The Hall–Kier alpha value is -2.28. The number of thioether (sulfide) groups is 1. The van der Waals surface area contributed by atoms with Crippen molar-refractivity contribution >= 4 is 29.2 Å². The number of piperidine rings is 1. The van der Waals surface area contributed by atoms with E-state index in [2.05, 4.69) is 49.2 Å². The van der Waals surface area contributed by atoms with E-state index in [1.165, 1.54) is 24.6 Å². The summed E-state index contributed by atoms with van der Waals surface area (Å²) in [5.74, 6) is 0.713. The van der Waals surface area contributed by atoms with Gasteiger partial charge >= 0.3 is 5.97 Å². The van der Waals surface area contributed by atoms with Gasteiger partial charge in [-0.3, -0.25) is 9.78 Å². The van der Waals surface area contributed by atoms with Gasteiger partial charge in [0.1, 0.15) is 10.8 Å². The number of para-hydroxylation sites is 1. The molecule has 1 atom stereocenters. The molecule has 0 aliphatic carbocycles. The van der Waals surface area contributed by atoms with Gasteiger partial charge < -0.3 is 15.0 Å². The number of nitrogens with one attached hydrogen (secondary N) is 1. The molecule has 7 heteroatoms. The number of methoxy groups -OCH3 is 1. The molecule has 6 nitrogen and oxygen atoms in total. The Labute approximate surface area is 152 Å². The fourth-order valence-electron chi connectivity index (χ4n) is 2.86. The van der Waals surface area contributed by atoms with E-state index < -0.39 is 0 Å². The molecule has 2 aromatic rings. The number of benzene rings is 1. The molecular formula is C18H22N4O2S. The Morgan fingerprint density at radius 1 is 1.36 bits per heavy atom. The van der Waals surface area contributed by atoms with Crippen molar-refractivity contribution in [3.05, 3.63) is 42.7 Å². The molecule has 25 heavy (non-hydrogen) atoms. The van der Waals surface area contributed by atoms with Crippen molar-refractivity contribution in [3.8, 4) is 0 Å². The highest BCUT2D eigenvalue weighted by molar-refractivity contribution is 7.99. The molecule has 1 aromatic heterocycles. The zero-order chi connectivity index (χ0) is 17.5. The van der Waals surface area contributed by atoms with Crippen molar-refractivity contribution in [1.29, 1.82) is 0 Å². The van der Waals surface area contributed by atoms with Crippen molar-refractivity contribution in [3.63, 3.8) is 0 Å². The normalized spacial score (nSPS) is 17.2. The number of carbonyl (C=O) groups excluding carboxylic acids is 1. The first kappa shape index (κ1) is 17.5. The van der Waals surface area contributed by atoms with Crippen molar-refractivity contribution in [2.45, 2.75) is 23.9 Å². The van der Waals surface area contributed by atoms with Crippen LogP contribution in [0, 0.1) is 0 Å². The number of hydrogen-bond donors (Lipinski definition) is 1. The zero-order valence-corrected chi connectivity index (χ0v) is 15.0. The summed E-state index contributed by atoms with van der Waals surface area (Å²) >= 11 is 1.33. The summed E-state index contributed by atoms with van der Waals surface area (Å²) in [5, 5.41) is 4.19. The highest BCUT2D eigenvalue weighted by Gasteiger charge is 2.20. The number of rotatable bonds is 6. The second-order valence-electron chi connectivity index (χ2n) is 5.87. The highest BCUT2D eigenvalue weighted by Crippen LogP contribution is 2.22. The molecule has 0 amide bonds. The van der Waals surface area contributed by atoms with Gasteiger partial charge in [0.25, 0.3) is 0 Å². The molecular weight excluding hydrogens is 336 g/mol. The highest BCUT2D eigenvalue weighted by atomic mass is 32.2. The molecule has 1 aliphatic heterocycles. The first-order valence-electron chi connectivity index (χ1n) is 8.33. The summed E-state index contributed by atoms with van der Waals surface area (Å²) in [5.41, 5.74) is 1.25. The van der Waals surface area contributed by atoms with E-state index in [1.54, 1.807) is 12.4 Å². The van der Waals surface area contributed by atoms with Crippen molar-refractivity contribution in [1.82, 2.24) is 9.97 Å². The third-order valence-corrected chi connectivity index (χ3v) is 4.95. The van der Waals surface area contributed by atoms with Crippen molar-refractivity contribution in [2.24, 2.45) is 0 Å². The van der Waals surface area contributed by atoms with E-state index in [0.717, 1.165) is 31.7 Å². The van der Waals surface area contributed by atoms with E-state index in [4.69, 9.17) is 0 Å². The van der Waals surface area contributed by atoms with Crippen LogP contribution in [0.2, 0.25) is 0 Å². The lowest BCUT2D eigenvalue weighted by atomic mass is 10.0. The second kappa shape index (κ2) is 8.71. The molecule has 2 heterocycles. The number of anilines is 2. The molecule has 0 radical (unpaired) electrons. The monoisotopic (exact) mass is 358 g/mol. The number of carbonyl (C=O) groups is 1. The molecule has 1 N–H and O–H groups in total. The minimum Gasteiger partial charge on any atom is -0.468 e. The van der Waals surface area contributed by atoms with E-state index >= 15 is 0 Å². The number of nitrogens with zero attached hydrogens (tertiary/aromatic N) is 3. The van der Waals surface area contributed by atoms with Crippen LogP contribution in [-0.4, -0.2) is 47.9 Å². The van der Waals surface area contributed by atoms with Gasteiger partial charge in [-0.2, -0.15) is 0 Å². The average molecular weight is 358 g/mol. The van der Waals surface area contributed by atoms with Crippen LogP contribution in [0.3, 0.4) is 0 Å². The molecule has 1 unspecified atom stereocenters. The number of hydrogen-bond acceptors (Lipinski definition) is 7. The molecule has 0 saturated carbocycles. The van der Waals surface area contributed by atoms with Gasteiger partial charge in [-0.25, -0.2) is 4.98 Å². The van der Waals surface area contributed by atoms with Gasteiger partial charge in [-0.15, -0.1) is 0 Å². The maximum Gasteiger partial charge on any atom is 0.316 e. The summed E-state index contributed by atoms with van der Waals surface area (Å²) in [6, 6.07) is 10.8. The van der Waals surface area contributed by atoms with Crippen LogP contribution in [0.25, 0.3) is 0 Å².